The van der Waals surface area contributed by atoms with Crippen LogP contribution in [-0.4, -0.2) is 43.9 Å². The van der Waals surface area contributed by atoms with E-state index in [-0.39, 0.29) is 18.6 Å². The van der Waals surface area contributed by atoms with Gasteiger partial charge >= 0.3 is 6.09 Å². The largest absolute Gasteiger partial charge is 0.447 e. The molecule has 8 heteroatoms. The van der Waals surface area contributed by atoms with E-state index in [4.69, 9.17) is 26.1 Å². The second-order valence-electron chi connectivity index (χ2n) is 6.77. The fraction of sp³-hybridized carbons (Fsp3) is 0.381. The molecule has 2 aromatic rings. The molecule has 1 aliphatic heterocycles. The van der Waals surface area contributed by atoms with Crippen LogP contribution in [0.15, 0.2) is 36.4 Å². The van der Waals surface area contributed by atoms with Gasteiger partial charge in [-0.05, 0) is 56.2 Å². The number of benzene rings is 1. The van der Waals surface area contributed by atoms with Crippen molar-refractivity contribution in [1.29, 1.82) is 0 Å². The third-order valence-electron chi connectivity index (χ3n) is 4.69. The van der Waals surface area contributed by atoms with Crippen molar-refractivity contribution in [2.24, 2.45) is 0 Å². The Morgan fingerprint density at radius 3 is 2.69 bits per heavy atom. The van der Waals surface area contributed by atoms with Gasteiger partial charge in [0.25, 0.3) is 5.91 Å². The lowest BCUT2D eigenvalue weighted by molar-refractivity contribution is 0.0939. The van der Waals surface area contributed by atoms with Crippen LogP contribution < -0.4 is 10.2 Å². The lowest BCUT2D eigenvalue weighted by atomic mass is 10.1. The highest BCUT2D eigenvalue weighted by Gasteiger charge is 2.25. The molecule has 0 radical (unpaired) electrons. The van der Waals surface area contributed by atoms with Crippen LogP contribution in [0.2, 0.25) is 5.02 Å². The Morgan fingerprint density at radius 1 is 1.21 bits per heavy atom. The zero-order valence-corrected chi connectivity index (χ0v) is 17.2. The summed E-state index contributed by atoms with van der Waals surface area (Å²) in [5.74, 6) is -0.197. The molecule has 1 aromatic carbocycles. The van der Waals surface area contributed by atoms with E-state index < -0.39 is 6.09 Å². The van der Waals surface area contributed by atoms with E-state index >= 15 is 0 Å². The molecule has 29 heavy (non-hydrogen) atoms. The number of aromatic nitrogens is 1. The number of ether oxygens (including phenoxy) is 2. The first-order valence-electron chi connectivity index (χ1n) is 9.49. The fourth-order valence-electron chi connectivity index (χ4n) is 3.14. The Bertz CT molecular complexity index is 873. The maximum absolute atomic E-state index is 12.4. The third-order valence-corrected chi connectivity index (χ3v) is 4.94. The van der Waals surface area contributed by atoms with Gasteiger partial charge in [0.1, 0.15) is 6.61 Å². The molecular formula is C21H24ClN3O4. The van der Waals surface area contributed by atoms with Crippen LogP contribution in [0.3, 0.4) is 0 Å². The molecule has 1 aliphatic rings. The van der Waals surface area contributed by atoms with Crippen molar-refractivity contribution in [3.05, 3.63) is 58.4 Å². The number of methoxy groups -OCH3 is 1. The average molecular weight is 418 g/mol. The van der Waals surface area contributed by atoms with Crippen molar-refractivity contribution in [3.63, 3.8) is 0 Å². The monoisotopic (exact) mass is 417 g/mol. The summed E-state index contributed by atoms with van der Waals surface area (Å²) in [4.78, 5) is 31.1. The molecule has 0 bridgehead atoms. The highest BCUT2D eigenvalue weighted by atomic mass is 35.5. The van der Waals surface area contributed by atoms with Gasteiger partial charge in [-0.15, -0.1) is 0 Å². The SMILES string of the molecule is COCCOC(=O)N1CCCc2nc(C(C)NC(=O)c3ccc(Cl)cc3)ccc21. The van der Waals surface area contributed by atoms with Crippen LogP contribution in [0.25, 0.3) is 0 Å². The van der Waals surface area contributed by atoms with Crippen LogP contribution in [0.1, 0.15) is 41.1 Å². The predicted octanol–water partition coefficient (Wildman–Crippen LogP) is 3.76. The number of aryl methyl sites for hydroxylation is 1. The van der Waals surface area contributed by atoms with Crippen LogP contribution in [0.5, 0.6) is 0 Å². The Kier molecular flexibility index (Phi) is 7.06. The molecule has 0 spiro atoms. The van der Waals surface area contributed by atoms with E-state index in [0.29, 0.717) is 23.7 Å². The van der Waals surface area contributed by atoms with Crippen molar-refractivity contribution in [1.82, 2.24) is 10.3 Å². The predicted molar refractivity (Wildman–Crippen MR) is 110 cm³/mol. The Hall–Kier alpha value is -2.64. The first-order chi connectivity index (χ1) is 14.0. The zero-order chi connectivity index (χ0) is 20.8. The summed E-state index contributed by atoms with van der Waals surface area (Å²) < 4.78 is 10.1. The number of nitrogens with zero attached hydrogens (tertiary/aromatic N) is 2. The van der Waals surface area contributed by atoms with Crippen LogP contribution in [0, 0.1) is 0 Å². The van der Waals surface area contributed by atoms with Crippen LogP contribution >= 0.6 is 11.6 Å². The smallest absolute Gasteiger partial charge is 0.414 e. The van der Waals surface area contributed by atoms with Crippen molar-refractivity contribution in [2.45, 2.75) is 25.8 Å². The van der Waals surface area contributed by atoms with E-state index in [1.165, 1.54) is 0 Å². The molecule has 1 aromatic heterocycles. The molecule has 0 saturated carbocycles. The molecule has 0 saturated heterocycles. The number of halogens is 1. The third kappa shape index (κ3) is 5.25. The quantitative estimate of drug-likeness (QED) is 0.724. The Labute approximate surface area is 175 Å². The van der Waals surface area contributed by atoms with Gasteiger partial charge in [0.15, 0.2) is 0 Å². The zero-order valence-electron chi connectivity index (χ0n) is 16.5. The van der Waals surface area contributed by atoms with Gasteiger partial charge in [-0.25, -0.2) is 4.79 Å². The number of fused-ring (bicyclic) bond motifs is 1. The summed E-state index contributed by atoms with van der Waals surface area (Å²) >= 11 is 5.87. The van der Waals surface area contributed by atoms with Crippen LogP contribution in [0.4, 0.5) is 10.5 Å². The molecule has 1 unspecified atom stereocenters. The number of carbonyl (C=O) groups excluding carboxylic acids is 2. The summed E-state index contributed by atoms with van der Waals surface area (Å²) in [6.45, 7) is 3.03. The summed E-state index contributed by atoms with van der Waals surface area (Å²) in [7, 11) is 1.56. The number of hydrogen-bond donors (Lipinski definition) is 1. The molecule has 0 fully saturated rings. The number of carbonyl (C=O) groups is 2. The average Bonchev–Trinajstić information content (AvgIpc) is 2.73. The normalized spacial score (nSPS) is 14.1. The molecule has 154 valence electrons. The van der Waals surface area contributed by atoms with Gasteiger partial charge in [-0.1, -0.05) is 11.6 Å². The molecule has 3 rings (SSSR count). The molecule has 2 heterocycles. The van der Waals surface area contributed by atoms with E-state index in [2.05, 4.69) is 5.32 Å². The van der Waals surface area contributed by atoms with E-state index in [1.807, 2.05) is 19.1 Å². The van der Waals surface area contributed by atoms with Gasteiger partial charge in [0.2, 0.25) is 0 Å². The Balaban J connectivity index is 1.69. The number of pyridine rings is 1. The van der Waals surface area contributed by atoms with E-state index in [9.17, 15) is 9.59 Å². The maximum atomic E-state index is 12.4. The van der Waals surface area contributed by atoms with Crippen molar-refractivity contribution >= 4 is 29.3 Å². The van der Waals surface area contributed by atoms with Crippen LogP contribution in [-0.2, 0) is 15.9 Å². The number of anilines is 1. The summed E-state index contributed by atoms with van der Waals surface area (Å²) in [6.07, 6.45) is 1.17. The molecule has 0 aliphatic carbocycles. The molecular weight excluding hydrogens is 394 g/mol. The minimum atomic E-state index is -0.401. The van der Waals surface area contributed by atoms with Gasteiger partial charge in [0.05, 0.1) is 29.7 Å². The molecule has 1 atom stereocenters. The summed E-state index contributed by atoms with van der Waals surface area (Å²) in [5, 5.41) is 3.52. The van der Waals surface area contributed by atoms with E-state index in [0.717, 1.165) is 29.9 Å². The number of nitrogens with one attached hydrogen (secondary N) is 1. The van der Waals surface area contributed by atoms with Crippen molar-refractivity contribution < 1.29 is 19.1 Å². The first-order valence-corrected chi connectivity index (χ1v) is 9.87. The van der Waals surface area contributed by atoms with Gasteiger partial charge in [-0.2, -0.15) is 0 Å². The lowest BCUT2D eigenvalue weighted by Gasteiger charge is -2.28. The molecule has 2 amide bonds. The second kappa shape index (κ2) is 9.71. The van der Waals surface area contributed by atoms with Crippen molar-refractivity contribution in [3.8, 4) is 0 Å². The van der Waals surface area contributed by atoms with E-state index in [1.54, 1.807) is 36.3 Å². The van der Waals surface area contributed by atoms with Crippen molar-refractivity contribution in [2.75, 3.05) is 31.8 Å². The lowest BCUT2D eigenvalue weighted by Crippen LogP contribution is -2.37. The summed E-state index contributed by atoms with van der Waals surface area (Å²) in [5.41, 5.74) is 2.84. The number of hydrogen-bond acceptors (Lipinski definition) is 5. The topological polar surface area (TPSA) is 80.8 Å². The summed E-state index contributed by atoms with van der Waals surface area (Å²) in [6, 6.07) is 10.1. The Morgan fingerprint density at radius 2 is 1.97 bits per heavy atom. The first kappa shape index (κ1) is 21.1. The minimum Gasteiger partial charge on any atom is -0.447 e. The highest BCUT2D eigenvalue weighted by molar-refractivity contribution is 6.30. The maximum Gasteiger partial charge on any atom is 0.414 e. The number of amides is 2. The standard InChI is InChI=1S/C21H24ClN3O4/c1-14(23-20(26)15-5-7-16(22)8-6-15)17-9-10-19-18(24-17)4-3-11-25(19)21(27)29-13-12-28-2/h5-10,14H,3-4,11-13H2,1-2H3,(H,23,26). The van der Waals surface area contributed by atoms with Gasteiger partial charge in [-0.3, -0.25) is 14.7 Å². The minimum absolute atomic E-state index is 0.197. The molecule has 1 N–H and O–H groups in total. The van der Waals surface area contributed by atoms with Gasteiger partial charge < -0.3 is 14.8 Å². The van der Waals surface area contributed by atoms with Gasteiger partial charge in [0, 0.05) is 24.2 Å². The second-order valence-corrected chi connectivity index (χ2v) is 7.20. The fourth-order valence-corrected chi connectivity index (χ4v) is 3.27. The highest BCUT2D eigenvalue weighted by Crippen LogP contribution is 2.28. The molecule has 7 nitrogen and oxygen atoms in total. The number of rotatable bonds is 6.